The number of benzene rings is 1. The van der Waals surface area contributed by atoms with Gasteiger partial charge in [-0.2, -0.15) is 0 Å². The highest BCUT2D eigenvalue weighted by atomic mass is 16.7. The molecule has 1 aromatic heterocycles. The Morgan fingerprint density at radius 3 is 2.74 bits per heavy atom. The number of carbonyl (C=O) groups is 2. The average molecular weight is 372 g/mol. The van der Waals surface area contributed by atoms with Crippen LogP contribution in [0, 0.1) is 13.8 Å². The predicted molar refractivity (Wildman–Crippen MR) is 99.4 cm³/mol. The lowest BCUT2D eigenvalue weighted by Crippen LogP contribution is -2.34. The standard InChI is InChI=1S/C20H24N2O5/c1-5-25-20(24)17-11(2)18(22-12(17)3)19(23)13(4)21-9-14-6-7-15-16(8-14)27-10-26-15/h6-8,13,21-22H,5,9-10H2,1-4H3/t13-/m0/s1. The Morgan fingerprint density at radius 1 is 1.26 bits per heavy atom. The molecule has 144 valence electrons. The molecule has 1 aliphatic rings. The molecule has 0 unspecified atom stereocenters. The van der Waals surface area contributed by atoms with Crippen LogP contribution >= 0.6 is 0 Å². The molecule has 0 spiro atoms. The number of aromatic amines is 1. The lowest BCUT2D eigenvalue weighted by atomic mass is 10.0. The zero-order valence-corrected chi connectivity index (χ0v) is 16.0. The minimum atomic E-state index is -0.429. The van der Waals surface area contributed by atoms with E-state index in [1.165, 1.54) is 0 Å². The maximum Gasteiger partial charge on any atom is 0.340 e. The van der Waals surface area contributed by atoms with E-state index >= 15 is 0 Å². The van der Waals surface area contributed by atoms with Crippen LogP contribution in [0.5, 0.6) is 11.5 Å². The SMILES string of the molecule is CCOC(=O)c1c(C)[nH]c(C(=O)[C@H](C)NCc2ccc3c(c2)OCO3)c1C. The van der Waals surface area contributed by atoms with Crippen LogP contribution in [-0.4, -0.2) is 36.2 Å². The number of ketones is 1. The van der Waals surface area contributed by atoms with Crippen LogP contribution in [0.4, 0.5) is 0 Å². The highest BCUT2D eigenvalue weighted by Crippen LogP contribution is 2.32. The molecule has 3 rings (SSSR count). The molecule has 0 fully saturated rings. The molecule has 27 heavy (non-hydrogen) atoms. The molecule has 2 N–H and O–H groups in total. The minimum Gasteiger partial charge on any atom is -0.462 e. The number of carbonyl (C=O) groups excluding carboxylic acids is 2. The van der Waals surface area contributed by atoms with Crippen molar-refractivity contribution in [3.63, 3.8) is 0 Å². The summed E-state index contributed by atoms with van der Waals surface area (Å²) in [6, 6.07) is 5.26. The molecule has 2 aromatic rings. The zero-order valence-electron chi connectivity index (χ0n) is 16.0. The molecule has 1 aliphatic heterocycles. The van der Waals surface area contributed by atoms with E-state index in [9.17, 15) is 9.59 Å². The minimum absolute atomic E-state index is 0.105. The summed E-state index contributed by atoms with van der Waals surface area (Å²) in [6.45, 7) is 8.11. The Balaban J connectivity index is 1.68. The van der Waals surface area contributed by atoms with Crippen LogP contribution < -0.4 is 14.8 Å². The quantitative estimate of drug-likeness (QED) is 0.574. The van der Waals surface area contributed by atoms with Crippen molar-refractivity contribution >= 4 is 11.8 Å². The molecule has 7 heteroatoms. The van der Waals surface area contributed by atoms with Gasteiger partial charge in [-0.3, -0.25) is 4.79 Å². The van der Waals surface area contributed by atoms with E-state index in [0.29, 0.717) is 41.4 Å². The van der Waals surface area contributed by atoms with Gasteiger partial charge in [-0.1, -0.05) is 6.07 Å². The molecule has 1 aromatic carbocycles. The number of aromatic nitrogens is 1. The molecule has 1 atom stereocenters. The van der Waals surface area contributed by atoms with E-state index in [2.05, 4.69) is 10.3 Å². The fourth-order valence-corrected chi connectivity index (χ4v) is 3.14. The van der Waals surface area contributed by atoms with Crippen molar-refractivity contribution in [2.45, 2.75) is 40.3 Å². The first kappa shape index (κ1) is 19.0. The number of H-pyrrole nitrogens is 1. The molecule has 0 amide bonds. The molecular weight excluding hydrogens is 348 g/mol. The van der Waals surface area contributed by atoms with Gasteiger partial charge < -0.3 is 24.5 Å². The average Bonchev–Trinajstić information content (AvgIpc) is 3.22. The number of hydrogen-bond donors (Lipinski definition) is 2. The molecule has 7 nitrogen and oxygen atoms in total. The number of rotatable bonds is 7. The normalized spacial score (nSPS) is 13.5. The summed E-state index contributed by atoms with van der Waals surface area (Å²) in [5, 5.41) is 3.22. The molecule has 2 heterocycles. The first-order valence-corrected chi connectivity index (χ1v) is 8.94. The van der Waals surface area contributed by atoms with E-state index in [4.69, 9.17) is 14.2 Å². The third-order valence-electron chi connectivity index (χ3n) is 4.61. The van der Waals surface area contributed by atoms with Gasteiger partial charge in [0.05, 0.1) is 23.9 Å². The number of aryl methyl sites for hydroxylation is 1. The first-order valence-electron chi connectivity index (χ1n) is 8.94. The Labute approximate surface area is 158 Å². The third kappa shape index (κ3) is 3.83. The number of Topliss-reactive ketones (excluding diaryl/α,β-unsaturated/α-hetero) is 1. The second kappa shape index (κ2) is 7.84. The van der Waals surface area contributed by atoms with Crippen LogP contribution in [0.2, 0.25) is 0 Å². The molecule has 0 saturated heterocycles. The Bertz CT molecular complexity index is 871. The van der Waals surface area contributed by atoms with Crippen molar-refractivity contribution in [1.82, 2.24) is 10.3 Å². The van der Waals surface area contributed by atoms with Gasteiger partial charge in [0.25, 0.3) is 0 Å². The number of hydrogen-bond acceptors (Lipinski definition) is 6. The number of fused-ring (bicyclic) bond motifs is 1. The smallest absolute Gasteiger partial charge is 0.340 e. The molecule has 0 saturated carbocycles. The number of ether oxygens (including phenoxy) is 3. The summed E-state index contributed by atoms with van der Waals surface area (Å²) in [4.78, 5) is 28.0. The summed E-state index contributed by atoms with van der Waals surface area (Å²) in [5.41, 5.74) is 3.11. The number of nitrogens with one attached hydrogen (secondary N) is 2. The van der Waals surface area contributed by atoms with Crippen molar-refractivity contribution in [3.8, 4) is 11.5 Å². The number of esters is 1. The largest absolute Gasteiger partial charge is 0.462 e. The van der Waals surface area contributed by atoms with Gasteiger partial charge >= 0.3 is 5.97 Å². The van der Waals surface area contributed by atoms with E-state index < -0.39 is 12.0 Å². The fraction of sp³-hybridized carbons (Fsp3) is 0.400. The maximum absolute atomic E-state index is 12.8. The molecule has 0 bridgehead atoms. The Kier molecular flexibility index (Phi) is 5.51. The van der Waals surface area contributed by atoms with E-state index in [1.54, 1.807) is 27.7 Å². The molecular formula is C20H24N2O5. The Hall–Kier alpha value is -2.80. The van der Waals surface area contributed by atoms with Gasteiger partial charge in [-0.15, -0.1) is 0 Å². The van der Waals surface area contributed by atoms with Crippen molar-refractivity contribution in [3.05, 3.63) is 46.3 Å². The summed E-state index contributed by atoms with van der Waals surface area (Å²) < 4.78 is 15.7. The van der Waals surface area contributed by atoms with Crippen LogP contribution in [0.1, 0.15) is 51.5 Å². The summed E-state index contributed by atoms with van der Waals surface area (Å²) in [5.74, 6) is 0.922. The van der Waals surface area contributed by atoms with Crippen molar-refractivity contribution in [1.29, 1.82) is 0 Å². The fourth-order valence-electron chi connectivity index (χ4n) is 3.14. The van der Waals surface area contributed by atoms with Gasteiger partial charge in [-0.05, 0) is 51.0 Å². The van der Waals surface area contributed by atoms with Gasteiger partial charge in [0.1, 0.15) is 0 Å². The summed E-state index contributed by atoms with van der Waals surface area (Å²) in [6.07, 6.45) is 0. The van der Waals surface area contributed by atoms with Crippen molar-refractivity contribution in [2.75, 3.05) is 13.4 Å². The van der Waals surface area contributed by atoms with Crippen LogP contribution in [0.15, 0.2) is 18.2 Å². The second-order valence-corrected chi connectivity index (χ2v) is 6.50. The van der Waals surface area contributed by atoms with E-state index in [-0.39, 0.29) is 12.6 Å². The van der Waals surface area contributed by atoms with Gasteiger partial charge in [-0.25, -0.2) is 4.79 Å². The van der Waals surface area contributed by atoms with Crippen molar-refractivity contribution < 1.29 is 23.8 Å². The highest BCUT2D eigenvalue weighted by Gasteiger charge is 2.25. The van der Waals surface area contributed by atoms with Crippen LogP contribution in [0.25, 0.3) is 0 Å². The highest BCUT2D eigenvalue weighted by molar-refractivity contribution is 6.03. The van der Waals surface area contributed by atoms with E-state index in [1.807, 2.05) is 18.2 Å². The van der Waals surface area contributed by atoms with Crippen molar-refractivity contribution in [2.24, 2.45) is 0 Å². The second-order valence-electron chi connectivity index (χ2n) is 6.50. The summed E-state index contributed by atoms with van der Waals surface area (Å²) in [7, 11) is 0. The van der Waals surface area contributed by atoms with E-state index in [0.717, 1.165) is 11.3 Å². The first-order chi connectivity index (χ1) is 12.9. The molecule has 0 aliphatic carbocycles. The summed E-state index contributed by atoms with van der Waals surface area (Å²) >= 11 is 0. The topological polar surface area (TPSA) is 89.7 Å². The van der Waals surface area contributed by atoms with Crippen LogP contribution in [-0.2, 0) is 11.3 Å². The lowest BCUT2D eigenvalue weighted by molar-refractivity contribution is 0.0525. The maximum atomic E-state index is 12.8. The molecule has 0 radical (unpaired) electrons. The predicted octanol–water partition coefficient (Wildman–Crippen LogP) is 2.90. The van der Waals surface area contributed by atoms with Crippen LogP contribution in [0.3, 0.4) is 0 Å². The zero-order chi connectivity index (χ0) is 19.6. The monoisotopic (exact) mass is 372 g/mol. The lowest BCUT2D eigenvalue weighted by Gasteiger charge is -2.13. The third-order valence-corrected chi connectivity index (χ3v) is 4.61. The van der Waals surface area contributed by atoms with Gasteiger partial charge in [0.2, 0.25) is 6.79 Å². The van der Waals surface area contributed by atoms with Gasteiger partial charge in [0.15, 0.2) is 17.3 Å². The Morgan fingerprint density at radius 2 is 2.00 bits per heavy atom. The van der Waals surface area contributed by atoms with Gasteiger partial charge in [0, 0.05) is 12.2 Å².